The molecule has 0 atom stereocenters. The quantitative estimate of drug-likeness (QED) is 0.720. The maximum atomic E-state index is 12.9. The molecular weight excluding hydrogens is 176 g/mol. The van der Waals surface area contributed by atoms with E-state index in [-0.39, 0.29) is 17.9 Å². The summed E-state index contributed by atoms with van der Waals surface area (Å²) in [5.74, 6) is -1.89. The first-order chi connectivity index (χ1) is 6.15. The number of likely N-dealkylation sites (N-methyl/N-ethyl adjacent to an activating group) is 1. The molecule has 0 aliphatic heterocycles. The van der Waals surface area contributed by atoms with Crippen LogP contribution in [0.3, 0.4) is 0 Å². The summed E-state index contributed by atoms with van der Waals surface area (Å²) in [7, 11) is 1.58. The Morgan fingerprint density at radius 3 is 2.69 bits per heavy atom. The van der Waals surface area contributed by atoms with Gasteiger partial charge in [0.25, 0.3) is 0 Å². The van der Waals surface area contributed by atoms with E-state index in [2.05, 4.69) is 5.32 Å². The Balaban J connectivity index is 2.95. The Morgan fingerprint density at radius 1 is 1.46 bits per heavy atom. The predicted octanol–water partition coefficient (Wildman–Crippen LogP) is 1.37. The molecule has 0 aliphatic rings. The van der Waals surface area contributed by atoms with E-state index in [1.54, 1.807) is 7.05 Å². The molecule has 0 amide bonds. The molecule has 0 saturated heterocycles. The summed E-state index contributed by atoms with van der Waals surface area (Å²) in [5.41, 5.74) is -0.0873. The van der Waals surface area contributed by atoms with Crippen LogP contribution in [0.4, 0.5) is 8.78 Å². The van der Waals surface area contributed by atoms with Crippen LogP contribution in [0.15, 0.2) is 18.2 Å². The lowest BCUT2D eigenvalue weighted by molar-refractivity contribution is 0.0989. The van der Waals surface area contributed by atoms with Gasteiger partial charge in [-0.15, -0.1) is 0 Å². The van der Waals surface area contributed by atoms with Crippen molar-refractivity contribution in [3.8, 4) is 0 Å². The van der Waals surface area contributed by atoms with Crippen LogP contribution in [0.2, 0.25) is 0 Å². The number of carbonyl (C=O) groups is 1. The molecule has 2 nitrogen and oxygen atoms in total. The van der Waals surface area contributed by atoms with Crippen LogP contribution in [0, 0.1) is 11.6 Å². The van der Waals surface area contributed by atoms with E-state index in [1.807, 2.05) is 0 Å². The van der Waals surface area contributed by atoms with E-state index in [4.69, 9.17) is 0 Å². The highest BCUT2D eigenvalue weighted by Gasteiger charge is 2.10. The van der Waals surface area contributed by atoms with E-state index in [1.165, 1.54) is 0 Å². The zero-order chi connectivity index (χ0) is 9.84. The first-order valence-electron chi connectivity index (χ1n) is 3.78. The van der Waals surface area contributed by atoms with Gasteiger partial charge < -0.3 is 5.32 Å². The van der Waals surface area contributed by atoms with E-state index in [0.717, 1.165) is 12.1 Å². The smallest absolute Gasteiger partial charge is 0.179 e. The van der Waals surface area contributed by atoms with Crippen LogP contribution in [-0.2, 0) is 0 Å². The second-order valence-electron chi connectivity index (χ2n) is 2.58. The number of Topliss-reactive ketones (excluding diaryl/α,β-unsaturated/α-hetero) is 1. The summed E-state index contributed by atoms with van der Waals surface area (Å²) >= 11 is 0. The molecule has 70 valence electrons. The van der Waals surface area contributed by atoms with Gasteiger partial charge in [0.15, 0.2) is 5.78 Å². The van der Waals surface area contributed by atoms with E-state index in [9.17, 15) is 13.6 Å². The third-order valence-corrected chi connectivity index (χ3v) is 1.57. The molecule has 1 aromatic carbocycles. The summed E-state index contributed by atoms with van der Waals surface area (Å²) in [6.07, 6.45) is 0. The normalized spacial score (nSPS) is 10.1. The molecule has 4 heteroatoms. The molecule has 0 heterocycles. The second-order valence-corrected chi connectivity index (χ2v) is 2.58. The maximum Gasteiger partial charge on any atom is 0.179 e. The van der Waals surface area contributed by atoms with Crippen molar-refractivity contribution in [3.05, 3.63) is 35.4 Å². The minimum Gasteiger partial charge on any atom is -0.313 e. The second kappa shape index (κ2) is 4.09. The fourth-order valence-corrected chi connectivity index (χ4v) is 0.971. The fraction of sp³-hybridized carbons (Fsp3) is 0.222. The average Bonchev–Trinajstić information content (AvgIpc) is 2.04. The van der Waals surface area contributed by atoms with Gasteiger partial charge in [0.05, 0.1) is 12.1 Å². The van der Waals surface area contributed by atoms with Gasteiger partial charge in [-0.3, -0.25) is 4.79 Å². The van der Waals surface area contributed by atoms with Gasteiger partial charge in [0, 0.05) is 6.07 Å². The Labute approximate surface area is 74.6 Å². The van der Waals surface area contributed by atoms with Crippen molar-refractivity contribution in [2.75, 3.05) is 13.6 Å². The largest absolute Gasteiger partial charge is 0.313 e. The molecule has 0 aliphatic carbocycles. The minimum absolute atomic E-state index is 0.0442. The van der Waals surface area contributed by atoms with Gasteiger partial charge in [-0.25, -0.2) is 8.78 Å². The zero-order valence-electron chi connectivity index (χ0n) is 7.10. The van der Waals surface area contributed by atoms with Crippen molar-refractivity contribution in [1.82, 2.24) is 5.32 Å². The first kappa shape index (κ1) is 9.80. The summed E-state index contributed by atoms with van der Waals surface area (Å²) < 4.78 is 25.4. The highest BCUT2D eigenvalue weighted by atomic mass is 19.1. The Morgan fingerprint density at radius 2 is 2.15 bits per heavy atom. The Bertz CT molecular complexity index is 325. The van der Waals surface area contributed by atoms with E-state index >= 15 is 0 Å². The molecule has 0 bridgehead atoms. The number of benzene rings is 1. The molecule has 0 radical (unpaired) electrons. The number of nitrogens with one attached hydrogen (secondary N) is 1. The number of halogens is 2. The van der Waals surface area contributed by atoms with Crippen molar-refractivity contribution < 1.29 is 13.6 Å². The molecule has 1 aromatic rings. The van der Waals surface area contributed by atoms with Gasteiger partial charge in [-0.2, -0.15) is 0 Å². The lowest BCUT2D eigenvalue weighted by Crippen LogP contribution is -2.19. The number of rotatable bonds is 3. The van der Waals surface area contributed by atoms with E-state index in [0.29, 0.717) is 6.07 Å². The van der Waals surface area contributed by atoms with Gasteiger partial charge in [-0.05, 0) is 19.2 Å². The molecule has 0 aromatic heterocycles. The van der Waals surface area contributed by atoms with Crippen LogP contribution < -0.4 is 5.32 Å². The minimum atomic E-state index is -0.819. The Hall–Kier alpha value is -1.29. The Kier molecular flexibility index (Phi) is 3.08. The lowest BCUT2D eigenvalue weighted by Gasteiger charge is -2.01. The molecule has 1 rings (SSSR count). The average molecular weight is 185 g/mol. The van der Waals surface area contributed by atoms with Crippen LogP contribution in [-0.4, -0.2) is 19.4 Å². The molecule has 0 unspecified atom stereocenters. The number of ketones is 1. The number of hydrogen-bond acceptors (Lipinski definition) is 2. The predicted molar refractivity (Wildman–Crippen MR) is 44.6 cm³/mol. The summed E-state index contributed by atoms with van der Waals surface area (Å²) in [4.78, 5) is 11.2. The highest BCUT2D eigenvalue weighted by molar-refractivity contribution is 5.97. The number of carbonyl (C=O) groups excluding carboxylic acids is 1. The zero-order valence-corrected chi connectivity index (χ0v) is 7.10. The molecule has 0 fully saturated rings. The molecule has 0 spiro atoms. The van der Waals surface area contributed by atoms with Gasteiger partial charge in [-0.1, -0.05) is 0 Å². The summed E-state index contributed by atoms with van der Waals surface area (Å²) in [5, 5.41) is 2.60. The molecule has 0 saturated carbocycles. The van der Waals surface area contributed by atoms with Crippen LogP contribution in [0.25, 0.3) is 0 Å². The third-order valence-electron chi connectivity index (χ3n) is 1.57. The van der Waals surface area contributed by atoms with Gasteiger partial charge >= 0.3 is 0 Å². The van der Waals surface area contributed by atoms with Crippen molar-refractivity contribution in [2.24, 2.45) is 0 Å². The summed E-state index contributed by atoms with van der Waals surface area (Å²) in [6.45, 7) is 0.0442. The molecular formula is C9H9F2NO. The number of hydrogen-bond donors (Lipinski definition) is 1. The van der Waals surface area contributed by atoms with Crippen molar-refractivity contribution in [1.29, 1.82) is 0 Å². The SMILES string of the molecule is CNCC(=O)c1ccc(F)cc1F. The lowest BCUT2D eigenvalue weighted by atomic mass is 10.1. The first-order valence-corrected chi connectivity index (χ1v) is 3.78. The van der Waals surface area contributed by atoms with Gasteiger partial charge in [0.1, 0.15) is 11.6 Å². The highest BCUT2D eigenvalue weighted by Crippen LogP contribution is 2.09. The fourth-order valence-electron chi connectivity index (χ4n) is 0.971. The monoisotopic (exact) mass is 185 g/mol. The van der Waals surface area contributed by atoms with Crippen LogP contribution in [0.5, 0.6) is 0 Å². The van der Waals surface area contributed by atoms with E-state index < -0.39 is 11.6 Å². The van der Waals surface area contributed by atoms with Crippen LogP contribution in [0.1, 0.15) is 10.4 Å². The van der Waals surface area contributed by atoms with Gasteiger partial charge in [0.2, 0.25) is 0 Å². The van der Waals surface area contributed by atoms with Crippen molar-refractivity contribution in [3.63, 3.8) is 0 Å². The summed E-state index contributed by atoms with van der Waals surface area (Å²) in [6, 6.07) is 2.90. The maximum absolute atomic E-state index is 12.9. The third kappa shape index (κ3) is 2.32. The van der Waals surface area contributed by atoms with Crippen molar-refractivity contribution in [2.45, 2.75) is 0 Å². The molecule has 1 N–H and O–H groups in total. The molecule has 13 heavy (non-hydrogen) atoms. The standard InChI is InChI=1S/C9H9F2NO/c1-12-5-9(13)7-3-2-6(10)4-8(7)11/h2-4,12H,5H2,1H3. The topological polar surface area (TPSA) is 29.1 Å². The van der Waals surface area contributed by atoms with Crippen LogP contribution >= 0.6 is 0 Å². The van der Waals surface area contributed by atoms with Crippen molar-refractivity contribution >= 4 is 5.78 Å².